The monoisotopic (exact) mass is 344 g/mol. The molecule has 0 aliphatic heterocycles. The van der Waals surface area contributed by atoms with Crippen LogP contribution in [0.2, 0.25) is 0 Å². The first-order valence-corrected chi connectivity index (χ1v) is 10.4. The number of unbranched alkanes of at least 4 members (excludes halogenated alkanes) is 3. The average Bonchev–Trinajstić information content (AvgIpc) is 3.48. The van der Waals surface area contributed by atoms with Gasteiger partial charge in [-0.15, -0.1) is 0 Å². The van der Waals surface area contributed by atoms with Crippen molar-refractivity contribution >= 4 is 0 Å². The quantitative estimate of drug-likeness (QED) is 0.354. The van der Waals surface area contributed by atoms with Gasteiger partial charge in [0.05, 0.1) is 0 Å². The number of aryl methyl sites for hydroxylation is 2. The summed E-state index contributed by atoms with van der Waals surface area (Å²) in [5.74, 6) is 0.743. The number of benzene rings is 1. The van der Waals surface area contributed by atoms with E-state index >= 15 is 0 Å². The molecule has 0 saturated heterocycles. The highest BCUT2D eigenvalue weighted by Crippen LogP contribution is 2.49. The molecule has 2 aliphatic carbocycles. The van der Waals surface area contributed by atoms with E-state index in [1.54, 1.807) is 12.1 Å². The highest BCUT2D eigenvalue weighted by atomic mass is 16.3. The zero-order valence-corrected chi connectivity index (χ0v) is 16.2. The van der Waals surface area contributed by atoms with Crippen LogP contribution in [0.5, 0.6) is 11.5 Å². The van der Waals surface area contributed by atoms with Crippen LogP contribution in [0.4, 0.5) is 0 Å². The molecule has 1 aromatic rings. The first kappa shape index (κ1) is 18.6. The SMILES string of the molecule is CC1(CCCCCc2cc(O)c(CCCCC3(C)CC3)cc2O)CC1. The first-order valence-electron chi connectivity index (χ1n) is 10.4. The molecule has 2 N–H and O–H groups in total. The molecule has 0 heterocycles. The molecule has 2 heteroatoms. The molecule has 0 unspecified atom stereocenters. The predicted molar refractivity (Wildman–Crippen MR) is 104 cm³/mol. The van der Waals surface area contributed by atoms with Gasteiger partial charge in [-0.05, 0) is 98.3 Å². The van der Waals surface area contributed by atoms with Crippen LogP contribution in [0.1, 0.15) is 95.6 Å². The van der Waals surface area contributed by atoms with Crippen LogP contribution in [0.3, 0.4) is 0 Å². The Morgan fingerprint density at radius 3 is 1.52 bits per heavy atom. The summed E-state index contributed by atoms with van der Waals surface area (Å²) in [6.45, 7) is 4.76. The van der Waals surface area contributed by atoms with Gasteiger partial charge in [-0.1, -0.05) is 33.1 Å². The topological polar surface area (TPSA) is 40.5 Å². The minimum absolute atomic E-state index is 0.371. The zero-order chi connectivity index (χ0) is 17.9. The fourth-order valence-electron chi connectivity index (χ4n) is 3.90. The van der Waals surface area contributed by atoms with Gasteiger partial charge in [0.25, 0.3) is 0 Å². The maximum absolute atomic E-state index is 10.3. The number of hydrogen-bond acceptors (Lipinski definition) is 2. The van der Waals surface area contributed by atoms with Crippen LogP contribution >= 0.6 is 0 Å². The average molecular weight is 345 g/mol. The lowest BCUT2D eigenvalue weighted by molar-refractivity contribution is 0.441. The number of aromatic hydroxyl groups is 2. The van der Waals surface area contributed by atoms with Crippen molar-refractivity contribution in [1.82, 2.24) is 0 Å². The minimum atomic E-state index is 0.371. The molecule has 0 bridgehead atoms. The molecule has 0 radical (unpaired) electrons. The highest BCUT2D eigenvalue weighted by Gasteiger charge is 2.36. The molecule has 0 spiro atoms. The third-order valence-corrected chi connectivity index (χ3v) is 6.69. The van der Waals surface area contributed by atoms with Crippen LogP contribution < -0.4 is 0 Å². The van der Waals surface area contributed by atoms with E-state index in [0.717, 1.165) is 36.8 Å². The standard InChI is InChI=1S/C23H36O2/c1-22(12-13-22)10-6-3-4-8-18-16-21(25)19(17-20(18)24)9-5-7-11-23(2)14-15-23/h16-17,24-25H,3-15H2,1-2H3. The van der Waals surface area contributed by atoms with Crippen molar-refractivity contribution in [2.24, 2.45) is 10.8 Å². The van der Waals surface area contributed by atoms with Crippen LogP contribution in [0.25, 0.3) is 0 Å². The summed E-state index contributed by atoms with van der Waals surface area (Å²) in [6.07, 6.45) is 15.9. The van der Waals surface area contributed by atoms with Crippen molar-refractivity contribution in [3.63, 3.8) is 0 Å². The molecule has 25 heavy (non-hydrogen) atoms. The van der Waals surface area contributed by atoms with Crippen molar-refractivity contribution in [2.45, 2.75) is 97.3 Å². The zero-order valence-electron chi connectivity index (χ0n) is 16.2. The Balaban J connectivity index is 1.39. The van der Waals surface area contributed by atoms with E-state index in [1.807, 2.05) is 0 Å². The van der Waals surface area contributed by atoms with E-state index in [0.29, 0.717) is 22.3 Å². The Morgan fingerprint density at radius 2 is 1.08 bits per heavy atom. The van der Waals surface area contributed by atoms with Crippen molar-refractivity contribution in [2.75, 3.05) is 0 Å². The summed E-state index contributed by atoms with van der Waals surface area (Å²) in [6, 6.07) is 3.60. The number of rotatable bonds is 11. The second kappa shape index (κ2) is 7.60. The van der Waals surface area contributed by atoms with E-state index < -0.39 is 0 Å². The van der Waals surface area contributed by atoms with Gasteiger partial charge in [0.2, 0.25) is 0 Å². The summed E-state index contributed by atoms with van der Waals surface area (Å²) in [5.41, 5.74) is 3.08. The van der Waals surface area contributed by atoms with Gasteiger partial charge in [-0.25, -0.2) is 0 Å². The Morgan fingerprint density at radius 1 is 0.680 bits per heavy atom. The van der Waals surface area contributed by atoms with E-state index in [-0.39, 0.29) is 0 Å². The van der Waals surface area contributed by atoms with Gasteiger partial charge in [-0.2, -0.15) is 0 Å². The molecule has 140 valence electrons. The summed E-state index contributed by atoms with van der Waals surface area (Å²) in [4.78, 5) is 0. The van der Waals surface area contributed by atoms with Gasteiger partial charge >= 0.3 is 0 Å². The molecule has 0 amide bonds. The third-order valence-electron chi connectivity index (χ3n) is 6.69. The summed E-state index contributed by atoms with van der Waals surface area (Å²) >= 11 is 0. The Labute approximate surface area is 153 Å². The van der Waals surface area contributed by atoms with Crippen molar-refractivity contribution < 1.29 is 10.2 Å². The smallest absolute Gasteiger partial charge is 0.119 e. The molecular weight excluding hydrogens is 308 g/mol. The molecular formula is C23H36O2. The lowest BCUT2D eigenvalue weighted by Crippen LogP contribution is -1.96. The Hall–Kier alpha value is -1.18. The molecule has 2 fully saturated rings. The van der Waals surface area contributed by atoms with Crippen LogP contribution in [0.15, 0.2) is 12.1 Å². The maximum Gasteiger partial charge on any atom is 0.119 e. The normalized spacial score (nSPS) is 19.8. The van der Waals surface area contributed by atoms with Crippen LogP contribution in [-0.2, 0) is 12.8 Å². The summed E-state index contributed by atoms with van der Waals surface area (Å²) in [7, 11) is 0. The molecule has 3 rings (SSSR count). The van der Waals surface area contributed by atoms with E-state index in [9.17, 15) is 10.2 Å². The van der Waals surface area contributed by atoms with Crippen molar-refractivity contribution in [1.29, 1.82) is 0 Å². The van der Waals surface area contributed by atoms with Gasteiger partial charge < -0.3 is 10.2 Å². The van der Waals surface area contributed by atoms with Crippen molar-refractivity contribution in [3.8, 4) is 11.5 Å². The molecule has 2 aliphatic rings. The predicted octanol–water partition coefficient (Wildman–Crippen LogP) is 6.51. The number of phenolic OH excluding ortho intramolecular Hbond substituents is 2. The van der Waals surface area contributed by atoms with Crippen LogP contribution in [0, 0.1) is 10.8 Å². The first-order chi connectivity index (χ1) is 11.9. The summed E-state index contributed by atoms with van der Waals surface area (Å²) in [5, 5.41) is 20.6. The second-order valence-corrected chi connectivity index (χ2v) is 9.50. The van der Waals surface area contributed by atoms with E-state index in [1.165, 1.54) is 57.8 Å². The van der Waals surface area contributed by atoms with E-state index in [4.69, 9.17) is 0 Å². The third kappa shape index (κ3) is 5.66. The fraction of sp³-hybridized carbons (Fsp3) is 0.739. The van der Waals surface area contributed by atoms with E-state index in [2.05, 4.69) is 13.8 Å². The summed E-state index contributed by atoms with van der Waals surface area (Å²) < 4.78 is 0. The second-order valence-electron chi connectivity index (χ2n) is 9.50. The number of phenols is 2. The molecule has 0 atom stereocenters. The highest BCUT2D eigenvalue weighted by molar-refractivity contribution is 5.45. The van der Waals surface area contributed by atoms with Gasteiger partial charge in [0, 0.05) is 0 Å². The molecule has 0 aromatic heterocycles. The minimum Gasteiger partial charge on any atom is -0.508 e. The maximum atomic E-state index is 10.3. The van der Waals surface area contributed by atoms with Gasteiger partial charge in [0.1, 0.15) is 11.5 Å². The molecule has 2 saturated carbocycles. The van der Waals surface area contributed by atoms with Gasteiger partial charge in [0.15, 0.2) is 0 Å². The lowest BCUT2D eigenvalue weighted by Gasteiger charge is -2.12. The Bertz CT molecular complexity index is 582. The largest absolute Gasteiger partial charge is 0.508 e. The molecule has 2 nitrogen and oxygen atoms in total. The van der Waals surface area contributed by atoms with Gasteiger partial charge in [-0.3, -0.25) is 0 Å². The lowest BCUT2D eigenvalue weighted by atomic mass is 9.96. The Kier molecular flexibility index (Phi) is 5.65. The van der Waals surface area contributed by atoms with Crippen molar-refractivity contribution in [3.05, 3.63) is 23.3 Å². The number of hydrogen-bond donors (Lipinski definition) is 2. The molecule has 1 aromatic carbocycles. The fourth-order valence-corrected chi connectivity index (χ4v) is 3.90. The van der Waals surface area contributed by atoms with Crippen LogP contribution in [-0.4, -0.2) is 10.2 Å².